The zero-order valence-corrected chi connectivity index (χ0v) is 11.1. The fourth-order valence-corrected chi connectivity index (χ4v) is 2.98. The number of H-pyrrole nitrogens is 1. The van der Waals surface area contributed by atoms with Crippen LogP contribution in [0.2, 0.25) is 0 Å². The van der Waals surface area contributed by atoms with Crippen LogP contribution in [0.15, 0.2) is 12.5 Å². The van der Waals surface area contributed by atoms with Crippen LogP contribution < -0.4 is 5.32 Å². The predicted molar refractivity (Wildman–Crippen MR) is 70.8 cm³/mol. The van der Waals surface area contributed by atoms with Crippen LogP contribution in [-0.4, -0.2) is 28.7 Å². The summed E-state index contributed by atoms with van der Waals surface area (Å²) < 4.78 is 5.24. The van der Waals surface area contributed by atoms with Crippen LogP contribution >= 0.6 is 0 Å². The molecule has 2 saturated carbocycles. The van der Waals surface area contributed by atoms with Gasteiger partial charge < -0.3 is 15.0 Å². The summed E-state index contributed by atoms with van der Waals surface area (Å²) in [5.74, 6) is 1.15. The minimum Gasteiger partial charge on any atom is -0.450 e. The van der Waals surface area contributed by atoms with E-state index < -0.39 is 0 Å². The number of nitrogens with one attached hydrogen (secondary N) is 2. The summed E-state index contributed by atoms with van der Waals surface area (Å²) in [4.78, 5) is 18.7. The van der Waals surface area contributed by atoms with Gasteiger partial charge in [-0.25, -0.2) is 9.78 Å². The maximum absolute atomic E-state index is 11.6. The summed E-state index contributed by atoms with van der Waals surface area (Å²) in [6.45, 7) is 0.554. The highest BCUT2D eigenvalue weighted by molar-refractivity contribution is 5.68. The molecule has 0 aromatic carbocycles. The maximum atomic E-state index is 11.6. The number of nitrogens with zero attached hydrogens (tertiary/aromatic N) is 1. The van der Waals surface area contributed by atoms with E-state index in [9.17, 15) is 4.79 Å². The standard InChI is InChI=1S/C14H21N3O2/c18-14(19-6-5-10-3-1-2-4-10)17-12-7-11(12)13-8-15-9-16-13/h8-12H,1-7H2,(H,15,16)(H,17,18). The monoisotopic (exact) mass is 263 g/mol. The van der Waals surface area contributed by atoms with E-state index in [1.807, 2.05) is 6.20 Å². The molecule has 2 aliphatic carbocycles. The first-order valence-electron chi connectivity index (χ1n) is 7.24. The highest BCUT2D eigenvalue weighted by Crippen LogP contribution is 2.39. The van der Waals surface area contributed by atoms with E-state index in [-0.39, 0.29) is 12.1 Å². The molecule has 1 heterocycles. The highest BCUT2D eigenvalue weighted by Gasteiger charge is 2.40. The van der Waals surface area contributed by atoms with Gasteiger partial charge in [-0.05, 0) is 18.8 Å². The number of aromatic nitrogens is 2. The van der Waals surface area contributed by atoms with Gasteiger partial charge in [-0.1, -0.05) is 25.7 Å². The van der Waals surface area contributed by atoms with Gasteiger partial charge in [0.2, 0.25) is 0 Å². The molecule has 2 N–H and O–H groups in total. The first-order valence-corrected chi connectivity index (χ1v) is 7.24. The number of rotatable bonds is 5. The van der Waals surface area contributed by atoms with Crippen molar-refractivity contribution < 1.29 is 9.53 Å². The van der Waals surface area contributed by atoms with Crippen LogP contribution in [0.25, 0.3) is 0 Å². The van der Waals surface area contributed by atoms with Crippen molar-refractivity contribution in [3.8, 4) is 0 Å². The molecule has 19 heavy (non-hydrogen) atoms. The molecule has 2 aliphatic rings. The zero-order valence-electron chi connectivity index (χ0n) is 11.1. The van der Waals surface area contributed by atoms with Gasteiger partial charge >= 0.3 is 6.09 Å². The van der Waals surface area contributed by atoms with E-state index >= 15 is 0 Å². The normalized spacial score (nSPS) is 26.3. The number of alkyl carbamates (subject to hydrolysis) is 1. The molecular weight excluding hydrogens is 242 g/mol. The Bertz CT molecular complexity index is 412. The Morgan fingerprint density at radius 2 is 2.32 bits per heavy atom. The molecule has 3 rings (SSSR count). The molecule has 2 unspecified atom stereocenters. The second-order valence-corrected chi connectivity index (χ2v) is 5.68. The molecular formula is C14H21N3O2. The highest BCUT2D eigenvalue weighted by atomic mass is 16.5. The van der Waals surface area contributed by atoms with Gasteiger partial charge in [0.05, 0.1) is 12.9 Å². The van der Waals surface area contributed by atoms with Crippen molar-refractivity contribution in [2.24, 2.45) is 5.92 Å². The number of hydrogen-bond donors (Lipinski definition) is 2. The minimum atomic E-state index is -0.273. The Hall–Kier alpha value is -1.52. The van der Waals surface area contributed by atoms with E-state index in [1.54, 1.807) is 6.33 Å². The average molecular weight is 263 g/mol. The van der Waals surface area contributed by atoms with Crippen LogP contribution in [0.4, 0.5) is 4.79 Å². The lowest BCUT2D eigenvalue weighted by Crippen LogP contribution is -2.28. The summed E-state index contributed by atoms with van der Waals surface area (Å²) in [6, 6.07) is 0.208. The number of amides is 1. The van der Waals surface area contributed by atoms with Crippen molar-refractivity contribution >= 4 is 6.09 Å². The topological polar surface area (TPSA) is 67.0 Å². The Morgan fingerprint density at radius 3 is 3.05 bits per heavy atom. The fourth-order valence-electron chi connectivity index (χ4n) is 2.98. The Balaban J connectivity index is 1.31. The smallest absolute Gasteiger partial charge is 0.407 e. The van der Waals surface area contributed by atoms with Crippen molar-refractivity contribution in [2.75, 3.05) is 6.61 Å². The van der Waals surface area contributed by atoms with Gasteiger partial charge in [0.1, 0.15) is 0 Å². The van der Waals surface area contributed by atoms with Crippen molar-refractivity contribution in [1.29, 1.82) is 0 Å². The molecule has 5 nitrogen and oxygen atoms in total. The molecule has 0 spiro atoms. The van der Waals surface area contributed by atoms with E-state index in [0.29, 0.717) is 12.5 Å². The van der Waals surface area contributed by atoms with Crippen LogP contribution in [0.3, 0.4) is 0 Å². The number of aromatic amines is 1. The molecule has 1 amide bonds. The lowest BCUT2D eigenvalue weighted by molar-refractivity contribution is 0.138. The molecule has 0 radical (unpaired) electrons. The predicted octanol–water partition coefficient (Wildman–Crippen LogP) is 2.57. The fraction of sp³-hybridized carbons (Fsp3) is 0.714. The third-order valence-electron chi connectivity index (χ3n) is 4.25. The SMILES string of the molecule is O=C(NC1CC1c1cnc[nH]1)OCCC1CCCC1. The number of carbonyl (C=O) groups excluding carboxylic acids is 1. The average Bonchev–Trinajstić information content (AvgIpc) is 2.89. The van der Waals surface area contributed by atoms with Crippen molar-refractivity contribution in [3.05, 3.63) is 18.2 Å². The molecule has 1 aromatic heterocycles. The van der Waals surface area contributed by atoms with Gasteiger partial charge in [-0.3, -0.25) is 0 Å². The molecule has 2 fully saturated rings. The van der Waals surface area contributed by atoms with Gasteiger partial charge in [0, 0.05) is 23.9 Å². The lowest BCUT2D eigenvalue weighted by Gasteiger charge is -2.10. The van der Waals surface area contributed by atoms with Crippen molar-refractivity contribution in [3.63, 3.8) is 0 Å². The van der Waals surface area contributed by atoms with Crippen molar-refractivity contribution in [1.82, 2.24) is 15.3 Å². The van der Waals surface area contributed by atoms with E-state index in [0.717, 1.165) is 24.5 Å². The number of carbonyl (C=O) groups is 1. The maximum Gasteiger partial charge on any atom is 0.407 e. The number of hydrogen-bond acceptors (Lipinski definition) is 3. The van der Waals surface area contributed by atoms with E-state index in [2.05, 4.69) is 15.3 Å². The molecule has 0 aliphatic heterocycles. The van der Waals surface area contributed by atoms with Gasteiger partial charge in [-0.15, -0.1) is 0 Å². The van der Waals surface area contributed by atoms with Crippen molar-refractivity contribution in [2.45, 2.75) is 50.5 Å². The lowest BCUT2D eigenvalue weighted by atomic mass is 10.1. The Morgan fingerprint density at radius 1 is 1.47 bits per heavy atom. The zero-order chi connectivity index (χ0) is 13.1. The summed E-state index contributed by atoms with van der Waals surface area (Å²) in [6.07, 6.45) is 10.5. The first kappa shape index (κ1) is 12.5. The molecule has 0 bridgehead atoms. The molecule has 5 heteroatoms. The van der Waals surface area contributed by atoms with Gasteiger partial charge in [-0.2, -0.15) is 0 Å². The third kappa shape index (κ3) is 3.28. The first-order chi connectivity index (χ1) is 9.33. The summed E-state index contributed by atoms with van der Waals surface area (Å²) in [5.41, 5.74) is 1.09. The molecule has 0 saturated heterocycles. The summed E-state index contributed by atoms with van der Waals surface area (Å²) in [7, 11) is 0. The third-order valence-corrected chi connectivity index (χ3v) is 4.25. The number of imidazole rings is 1. The minimum absolute atomic E-state index is 0.208. The summed E-state index contributed by atoms with van der Waals surface area (Å²) in [5, 5.41) is 2.91. The van der Waals surface area contributed by atoms with E-state index in [4.69, 9.17) is 4.74 Å². The second kappa shape index (κ2) is 5.63. The summed E-state index contributed by atoms with van der Waals surface area (Å²) >= 11 is 0. The van der Waals surface area contributed by atoms with Crippen LogP contribution in [-0.2, 0) is 4.74 Å². The molecule has 2 atom stereocenters. The van der Waals surface area contributed by atoms with Crippen LogP contribution in [0.1, 0.15) is 50.1 Å². The van der Waals surface area contributed by atoms with Gasteiger partial charge in [0.25, 0.3) is 0 Å². The Labute approximate surface area is 113 Å². The van der Waals surface area contributed by atoms with Crippen LogP contribution in [0, 0.1) is 5.92 Å². The van der Waals surface area contributed by atoms with Crippen LogP contribution in [0.5, 0.6) is 0 Å². The largest absolute Gasteiger partial charge is 0.450 e. The Kier molecular flexibility index (Phi) is 3.71. The second-order valence-electron chi connectivity index (χ2n) is 5.68. The molecule has 104 valence electrons. The quantitative estimate of drug-likeness (QED) is 0.858. The molecule has 1 aromatic rings. The van der Waals surface area contributed by atoms with E-state index in [1.165, 1.54) is 25.7 Å². The van der Waals surface area contributed by atoms with Gasteiger partial charge in [0.15, 0.2) is 0 Å². The number of ether oxygens (including phenoxy) is 1.